The first-order chi connectivity index (χ1) is 9.31. The summed E-state index contributed by atoms with van der Waals surface area (Å²) >= 11 is 5.85. The Balaban J connectivity index is 2.71. The Morgan fingerprint density at radius 2 is 2.05 bits per heavy atom. The van der Waals surface area contributed by atoms with Crippen LogP contribution in [0, 0.1) is 6.92 Å². The molecule has 5 nitrogen and oxygen atoms in total. The van der Waals surface area contributed by atoms with Crippen LogP contribution in [0.1, 0.15) is 19.4 Å². The van der Waals surface area contributed by atoms with E-state index in [1.165, 1.54) is 0 Å². The Morgan fingerprint density at radius 1 is 1.45 bits per heavy atom. The smallest absolute Gasteiger partial charge is 0.261 e. The molecule has 1 atom stereocenters. The third-order valence-corrected chi connectivity index (χ3v) is 3.17. The van der Waals surface area contributed by atoms with Gasteiger partial charge in [-0.2, -0.15) is 0 Å². The second-order valence-electron chi connectivity index (χ2n) is 5.04. The van der Waals surface area contributed by atoms with E-state index in [2.05, 4.69) is 5.32 Å². The predicted octanol–water partition coefficient (Wildman–Crippen LogP) is 1.28. The molecule has 0 saturated carbocycles. The average Bonchev–Trinajstić information content (AvgIpc) is 2.41. The van der Waals surface area contributed by atoms with E-state index >= 15 is 0 Å². The molecule has 1 aromatic carbocycles. The van der Waals surface area contributed by atoms with Gasteiger partial charge in [0, 0.05) is 5.02 Å². The van der Waals surface area contributed by atoms with E-state index < -0.39 is 17.6 Å². The van der Waals surface area contributed by atoms with Crippen molar-refractivity contribution < 1.29 is 19.7 Å². The van der Waals surface area contributed by atoms with E-state index in [1.54, 1.807) is 32.0 Å². The van der Waals surface area contributed by atoms with Crippen LogP contribution in [0.5, 0.6) is 5.75 Å². The topological polar surface area (TPSA) is 78.8 Å². The Hall–Kier alpha value is -1.30. The molecular formula is C14H20ClNO4. The molecule has 0 aliphatic carbocycles. The largest absolute Gasteiger partial charge is 0.481 e. The lowest BCUT2D eigenvalue weighted by Gasteiger charge is -2.28. The van der Waals surface area contributed by atoms with Gasteiger partial charge in [-0.05, 0) is 44.5 Å². The van der Waals surface area contributed by atoms with Gasteiger partial charge in [-0.1, -0.05) is 11.6 Å². The fraction of sp³-hybridized carbons (Fsp3) is 0.500. The van der Waals surface area contributed by atoms with Crippen molar-refractivity contribution in [1.29, 1.82) is 0 Å². The lowest BCUT2D eigenvalue weighted by atomic mass is 10.1. The maximum atomic E-state index is 12.0. The van der Waals surface area contributed by atoms with Gasteiger partial charge in [0.05, 0.1) is 18.8 Å². The fourth-order valence-electron chi connectivity index (χ4n) is 1.52. The predicted molar refractivity (Wildman–Crippen MR) is 77.0 cm³/mol. The lowest BCUT2D eigenvalue weighted by molar-refractivity contribution is -0.130. The highest BCUT2D eigenvalue weighted by Crippen LogP contribution is 2.22. The normalized spacial score (nSPS) is 12.9. The number of halogens is 1. The zero-order chi connectivity index (χ0) is 15.3. The Bertz CT molecular complexity index is 474. The zero-order valence-electron chi connectivity index (χ0n) is 11.8. The Labute approximate surface area is 123 Å². The van der Waals surface area contributed by atoms with Crippen LogP contribution in [0.25, 0.3) is 0 Å². The highest BCUT2D eigenvalue weighted by molar-refractivity contribution is 6.30. The van der Waals surface area contributed by atoms with Gasteiger partial charge in [0.15, 0.2) is 6.10 Å². The van der Waals surface area contributed by atoms with Crippen LogP contribution in [-0.4, -0.2) is 41.0 Å². The van der Waals surface area contributed by atoms with Gasteiger partial charge in [0.1, 0.15) is 5.75 Å². The number of hydrogen-bond donors (Lipinski definition) is 3. The van der Waals surface area contributed by atoms with Crippen molar-refractivity contribution >= 4 is 17.5 Å². The minimum absolute atomic E-state index is 0.359. The molecule has 1 aromatic rings. The van der Waals surface area contributed by atoms with E-state index in [9.17, 15) is 4.79 Å². The van der Waals surface area contributed by atoms with Gasteiger partial charge in [-0.15, -0.1) is 0 Å². The number of benzene rings is 1. The molecule has 0 aliphatic heterocycles. The number of ether oxygens (including phenoxy) is 1. The van der Waals surface area contributed by atoms with Gasteiger partial charge >= 0.3 is 0 Å². The molecule has 1 amide bonds. The molecule has 0 saturated heterocycles. The summed E-state index contributed by atoms with van der Waals surface area (Å²) in [7, 11) is 0. The van der Waals surface area contributed by atoms with E-state index in [0.29, 0.717) is 10.8 Å². The summed E-state index contributed by atoms with van der Waals surface area (Å²) in [6, 6.07) is 5.12. The van der Waals surface area contributed by atoms with Gasteiger partial charge in [0.2, 0.25) is 0 Å². The van der Waals surface area contributed by atoms with E-state index in [0.717, 1.165) is 5.56 Å². The summed E-state index contributed by atoms with van der Waals surface area (Å²) < 4.78 is 5.56. The second-order valence-corrected chi connectivity index (χ2v) is 5.47. The monoisotopic (exact) mass is 301 g/mol. The molecule has 1 rings (SSSR count). The van der Waals surface area contributed by atoms with Crippen molar-refractivity contribution in [3.05, 3.63) is 28.8 Å². The average molecular weight is 302 g/mol. The summed E-state index contributed by atoms with van der Waals surface area (Å²) in [6.45, 7) is 4.25. The number of carbonyl (C=O) groups is 1. The standard InChI is InChI=1S/C14H20ClNO4/c1-9-6-11(15)4-5-12(9)20-10(2)13(19)16-14(3,7-17)8-18/h4-6,10,17-18H,7-8H2,1-3H3,(H,16,19). The van der Waals surface area contributed by atoms with E-state index in [4.69, 9.17) is 26.6 Å². The molecular weight excluding hydrogens is 282 g/mol. The minimum Gasteiger partial charge on any atom is -0.481 e. The summed E-state index contributed by atoms with van der Waals surface area (Å²) in [5.74, 6) is 0.150. The van der Waals surface area contributed by atoms with Crippen molar-refractivity contribution in [2.75, 3.05) is 13.2 Å². The van der Waals surface area contributed by atoms with Crippen LogP contribution < -0.4 is 10.1 Å². The highest BCUT2D eigenvalue weighted by Gasteiger charge is 2.27. The molecule has 6 heteroatoms. The third kappa shape index (κ3) is 4.37. The summed E-state index contributed by atoms with van der Waals surface area (Å²) in [5, 5.41) is 21.5. The molecule has 20 heavy (non-hydrogen) atoms. The molecule has 0 spiro atoms. The summed E-state index contributed by atoms with van der Waals surface area (Å²) in [4.78, 5) is 12.0. The molecule has 0 radical (unpaired) electrons. The zero-order valence-corrected chi connectivity index (χ0v) is 12.6. The number of aliphatic hydroxyl groups excluding tert-OH is 2. The maximum absolute atomic E-state index is 12.0. The van der Waals surface area contributed by atoms with Crippen LogP contribution in [0.2, 0.25) is 5.02 Å². The van der Waals surface area contributed by atoms with Gasteiger partial charge in [-0.25, -0.2) is 0 Å². The first kappa shape index (κ1) is 16.8. The second kappa shape index (κ2) is 6.92. The van der Waals surface area contributed by atoms with Crippen molar-refractivity contribution in [3.8, 4) is 5.75 Å². The van der Waals surface area contributed by atoms with Crippen LogP contribution in [0.15, 0.2) is 18.2 Å². The Kier molecular flexibility index (Phi) is 5.80. The number of aliphatic hydroxyl groups is 2. The van der Waals surface area contributed by atoms with Crippen molar-refractivity contribution in [3.63, 3.8) is 0 Å². The SMILES string of the molecule is Cc1cc(Cl)ccc1OC(C)C(=O)NC(C)(CO)CO. The van der Waals surface area contributed by atoms with Gasteiger partial charge in [-0.3, -0.25) is 4.79 Å². The number of amides is 1. The number of carbonyl (C=O) groups excluding carboxylic acids is 1. The van der Waals surface area contributed by atoms with Crippen LogP contribution in [0.3, 0.4) is 0 Å². The van der Waals surface area contributed by atoms with Gasteiger partial charge < -0.3 is 20.3 Å². The van der Waals surface area contributed by atoms with Crippen molar-refractivity contribution in [2.24, 2.45) is 0 Å². The number of hydrogen-bond acceptors (Lipinski definition) is 4. The first-order valence-corrected chi connectivity index (χ1v) is 6.65. The fourth-order valence-corrected chi connectivity index (χ4v) is 1.74. The molecule has 3 N–H and O–H groups in total. The maximum Gasteiger partial charge on any atom is 0.261 e. The van der Waals surface area contributed by atoms with Crippen LogP contribution >= 0.6 is 11.6 Å². The number of rotatable bonds is 6. The molecule has 0 fully saturated rings. The number of aryl methyl sites for hydroxylation is 1. The number of nitrogens with one attached hydrogen (secondary N) is 1. The molecule has 0 bridgehead atoms. The molecule has 112 valence electrons. The summed E-state index contributed by atoms with van der Waals surface area (Å²) in [5.41, 5.74) is -0.242. The molecule has 1 unspecified atom stereocenters. The minimum atomic E-state index is -1.07. The molecule has 0 heterocycles. The van der Waals surface area contributed by atoms with Gasteiger partial charge in [0.25, 0.3) is 5.91 Å². The first-order valence-electron chi connectivity index (χ1n) is 6.28. The molecule has 0 aromatic heterocycles. The lowest BCUT2D eigenvalue weighted by Crippen LogP contribution is -2.55. The quantitative estimate of drug-likeness (QED) is 0.739. The van der Waals surface area contributed by atoms with Crippen molar-refractivity contribution in [1.82, 2.24) is 5.32 Å². The van der Waals surface area contributed by atoms with E-state index in [-0.39, 0.29) is 13.2 Å². The van der Waals surface area contributed by atoms with Crippen LogP contribution in [0.4, 0.5) is 0 Å². The Morgan fingerprint density at radius 3 is 2.55 bits per heavy atom. The van der Waals surface area contributed by atoms with Crippen molar-refractivity contribution in [2.45, 2.75) is 32.4 Å². The molecule has 0 aliphatic rings. The van der Waals surface area contributed by atoms with Crippen LogP contribution in [-0.2, 0) is 4.79 Å². The third-order valence-electron chi connectivity index (χ3n) is 2.93. The van der Waals surface area contributed by atoms with E-state index in [1.807, 2.05) is 6.92 Å². The highest BCUT2D eigenvalue weighted by atomic mass is 35.5. The summed E-state index contributed by atoms with van der Waals surface area (Å²) in [6.07, 6.45) is -0.757.